The number of hydrogen-bond acceptors (Lipinski definition) is 1. The van der Waals surface area contributed by atoms with Crippen molar-refractivity contribution in [2.75, 3.05) is 6.54 Å². The molecule has 0 unspecified atom stereocenters. The molecule has 0 bridgehead atoms. The van der Waals surface area contributed by atoms with E-state index >= 15 is 0 Å². The largest absolute Gasteiger partial charge is 0.314 e. The zero-order valence-electron chi connectivity index (χ0n) is 12.4. The minimum Gasteiger partial charge on any atom is -0.314 e. The molecule has 0 aromatic heterocycles. The van der Waals surface area contributed by atoms with Crippen molar-refractivity contribution in [3.05, 3.63) is 0 Å². The molecule has 1 heteroatoms. The first-order chi connectivity index (χ1) is 8.92. The summed E-state index contributed by atoms with van der Waals surface area (Å²) in [5, 5.41) is 3.88. The summed E-state index contributed by atoms with van der Waals surface area (Å²) in [6, 6.07) is 0.839. The maximum absolute atomic E-state index is 3.88. The second-order valence-electron chi connectivity index (χ2n) is 6.59. The number of nitrogens with one attached hydrogen (secondary N) is 1. The van der Waals surface area contributed by atoms with E-state index in [9.17, 15) is 0 Å². The van der Waals surface area contributed by atoms with Crippen LogP contribution in [0.4, 0.5) is 0 Å². The van der Waals surface area contributed by atoms with E-state index in [0.717, 1.165) is 24.4 Å². The molecule has 2 aliphatic carbocycles. The van der Waals surface area contributed by atoms with Gasteiger partial charge in [0.05, 0.1) is 0 Å². The van der Waals surface area contributed by atoms with Crippen molar-refractivity contribution in [3.63, 3.8) is 0 Å². The fourth-order valence-corrected chi connectivity index (χ4v) is 4.29. The topological polar surface area (TPSA) is 12.0 Å². The average molecular weight is 251 g/mol. The molecule has 2 rings (SSSR count). The fourth-order valence-electron chi connectivity index (χ4n) is 4.29. The molecule has 1 N–H and O–H groups in total. The predicted octanol–water partition coefficient (Wildman–Crippen LogP) is 4.91. The minimum absolute atomic E-state index is 0.839. The standard InChI is InChI=1S/C17H33N/c1-2-18-17(15-11-7-3-4-8-12-15)16-13-9-5-6-10-14-16/h15-18H,2-14H2,1H3. The molecule has 2 fully saturated rings. The lowest BCUT2D eigenvalue weighted by atomic mass is 9.80. The summed E-state index contributed by atoms with van der Waals surface area (Å²) in [6.45, 7) is 3.46. The molecular weight excluding hydrogens is 218 g/mol. The molecule has 1 nitrogen and oxygen atoms in total. The Morgan fingerprint density at radius 2 is 1.11 bits per heavy atom. The molecule has 0 atom stereocenters. The summed E-state index contributed by atoms with van der Waals surface area (Å²) in [6.07, 6.45) is 17.9. The van der Waals surface area contributed by atoms with Crippen molar-refractivity contribution >= 4 is 0 Å². The first-order valence-electron chi connectivity index (χ1n) is 8.65. The lowest BCUT2D eigenvalue weighted by molar-refractivity contribution is 0.220. The van der Waals surface area contributed by atoms with Gasteiger partial charge in [0.2, 0.25) is 0 Å². The molecule has 0 saturated heterocycles. The molecule has 0 aromatic rings. The molecule has 0 aromatic carbocycles. The van der Waals surface area contributed by atoms with E-state index in [2.05, 4.69) is 12.2 Å². The van der Waals surface area contributed by atoms with Crippen molar-refractivity contribution in [2.45, 2.75) is 90.0 Å². The zero-order valence-corrected chi connectivity index (χ0v) is 12.4. The Balaban J connectivity index is 1.95. The molecule has 18 heavy (non-hydrogen) atoms. The second-order valence-corrected chi connectivity index (χ2v) is 6.59. The first kappa shape index (κ1) is 14.4. The highest BCUT2D eigenvalue weighted by Crippen LogP contribution is 2.34. The van der Waals surface area contributed by atoms with Gasteiger partial charge < -0.3 is 5.32 Å². The van der Waals surface area contributed by atoms with Gasteiger partial charge in [-0.3, -0.25) is 0 Å². The minimum atomic E-state index is 0.839. The molecule has 2 saturated carbocycles. The zero-order chi connectivity index (χ0) is 12.6. The number of hydrogen-bond donors (Lipinski definition) is 1. The lowest BCUT2D eigenvalue weighted by Crippen LogP contribution is -2.42. The number of rotatable bonds is 4. The average Bonchev–Trinajstić information content (AvgIpc) is 2.80. The first-order valence-corrected chi connectivity index (χ1v) is 8.65. The Morgan fingerprint density at radius 3 is 1.44 bits per heavy atom. The van der Waals surface area contributed by atoms with E-state index in [1.807, 2.05) is 0 Å². The van der Waals surface area contributed by atoms with Gasteiger partial charge >= 0.3 is 0 Å². The van der Waals surface area contributed by atoms with Crippen LogP contribution in [0.1, 0.15) is 84.0 Å². The van der Waals surface area contributed by atoms with Crippen molar-refractivity contribution in [1.82, 2.24) is 5.32 Å². The van der Waals surface area contributed by atoms with E-state index in [1.165, 1.54) is 77.0 Å². The SMILES string of the molecule is CCNC(C1CCCCCC1)C1CCCCCC1. The van der Waals surface area contributed by atoms with Crippen LogP contribution in [0.25, 0.3) is 0 Å². The van der Waals surface area contributed by atoms with Crippen molar-refractivity contribution in [3.8, 4) is 0 Å². The van der Waals surface area contributed by atoms with Gasteiger partial charge in [0, 0.05) is 6.04 Å². The molecule has 0 heterocycles. The third kappa shape index (κ3) is 4.26. The monoisotopic (exact) mass is 251 g/mol. The van der Waals surface area contributed by atoms with Crippen LogP contribution in [0.15, 0.2) is 0 Å². The van der Waals surface area contributed by atoms with Crippen LogP contribution >= 0.6 is 0 Å². The van der Waals surface area contributed by atoms with Gasteiger partial charge in [0.15, 0.2) is 0 Å². The van der Waals surface area contributed by atoms with Gasteiger partial charge in [-0.1, -0.05) is 58.3 Å². The maximum atomic E-state index is 3.88. The molecule has 0 radical (unpaired) electrons. The molecule has 0 spiro atoms. The Morgan fingerprint density at radius 1 is 0.722 bits per heavy atom. The highest BCUT2D eigenvalue weighted by Gasteiger charge is 2.29. The van der Waals surface area contributed by atoms with Crippen LogP contribution in [0, 0.1) is 11.8 Å². The fraction of sp³-hybridized carbons (Fsp3) is 1.00. The van der Waals surface area contributed by atoms with E-state index in [4.69, 9.17) is 0 Å². The van der Waals surface area contributed by atoms with Gasteiger partial charge in [-0.15, -0.1) is 0 Å². The van der Waals surface area contributed by atoms with Gasteiger partial charge in [-0.05, 0) is 44.1 Å². The normalized spacial score (nSPS) is 25.0. The Hall–Kier alpha value is -0.0400. The summed E-state index contributed by atoms with van der Waals surface area (Å²) in [4.78, 5) is 0. The highest BCUT2D eigenvalue weighted by atomic mass is 14.9. The maximum Gasteiger partial charge on any atom is 0.0123 e. The van der Waals surface area contributed by atoms with Crippen LogP contribution in [-0.2, 0) is 0 Å². The summed E-state index contributed by atoms with van der Waals surface area (Å²) < 4.78 is 0. The van der Waals surface area contributed by atoms with Crippen molar-refractivity contribution in [1.29, 1.82) is 0 Å². The summed E-state index contributed by atoms with van der Waals surface area (Å²) >= 11 is 0. The van der Waals surface area contributed by atoms with Gasteiger partial charge in [-0.2, -0.15) is 0 Å². The third-order valence-electron chi connectivity index (χ3n) is 5.26. The quantitative estimate of drug-likeness (QED) is 0.700. The molecule has 0 aliphatic heterocycles. The van der Waals surface area contributed by atoms with Crippen LogP contribution in [0.3, 0.4) is 0 Å². The smallest absolute Gasteiger partial charge is 0.0123 e. The lowest BCUT2D eigenvalue weighted by Gasteiger charge is -2.34. The summed E-state index contributed by atoms with van der Waals surface area (Å²) in [7, 11) is 0. The highest BCUT2D eigenvalue weighted by molar-refractivity contribution is 4.85. The van der Waals surface area contributed by atoms with Crippen molar-refractivity contribution in [2.24, 2.45) is 11.8 Å². The van der Waals surface area contributed by atoms with Crippen LogP contribution < -0.4 is 5.32 Å². The molecule has 106 valence electrons. The Kier molecular flexibility index (Phi) is 6.54. The van der Waals surface area contributed by atoms with Gasteiger partial charge in [-0.25, -0.2) is 0 Å². The van der Waals surface area contributed by atoms with Crippen LogP contribution in [0.5, 0.6) is 0 Å². The van der Waals surface area contributed by atoms with E-state index in [1.54, 1.807) is 0 Å². The molecular formula is C17H33N. The van der Waals surface area contributed by atoms with Gasteiger partial charge in [0.1, 0.15) is 0 Å². The summed E-state index contributed by atoms with van der Waals surface area (Å²) in [5.74, 6) is 1.96. The van der Waals surface area contributed by atoms with E-state index < -0.39 is 0 Å². The summed E-state index contributed by atoms with van der Waals surface area (Å²) in [5.41, 5.74) is 0. The molecule has 0 amide bonds. The van der Waals surface area contributed by atoms with Crippen LogP contribution in [0.2, 0.25) is 0 Å². The predicted molar refractivity (Wildman–Crippen MR) is 79.8 cm³/mol. The van der Waals surface area contributed by atoms with Crippen molar-refractivity contribution < 1.29 is 0 Å². The van der Waals surface area contributed by atoms with Gasteiger partial charge in [0.25, 0.3) is 0 Å². The third-order valence-corrected chi connectivity index (χ3v) is 5.26. The Labute approximate surface area is 114 Å². The molecule has 2 aliphatic rings. The van der Waals surface area contributed by atoms with Crippen LogP contribution in [-0.4, -0.2) is 12.6 Å². The second kappa shape index (κ2) is 8.19. The van der Waals surface area contributed by atoms with E-state index in [0.29, 0.717) is 0 Å². The Bertz CT molecular complexity index is 178. The van der Waals surface area contributed by atoms with E-state index in [-0.39, 0.29) is 0 Å².